The Labute approximate surface area is 181 Å². The number of hydrogen-bond acceptors (Lipinski definition) is 5. The molecule has 30 heavy (non-hydrogen) atoms. The molecular formula is C23H26ClN3O3. The van der Waals surface area contributed by atoms with Crippen molar-refractivity contribution in [3.05, 3.63) is 52.4 Å². The molecule has 1 unspecified atom stereocenters. The molecule has 2 aromatic heterocycles. The van der Waals surface area contributed by atoms with Gasteiger partial charge in [-0.1, -0.05) is 11.6 Å². The molecular weight excluding hydrogens is 402 g/mol. The van der Waals surface area contributed by atoms with E-state index < -0.39 is 5.54 Å². The summed E-state index contributed by atoms with van der Waals surface area (Å²) in [5, 5.41) is 0.524. The van der Waals surface area contributed by atoms with Gasteiger partial charge >= 0.3 is 0 Å². The topological polar surface area (TPSA) is 64.6 Å². The number of fused-ring (bicyclic) bond motifs is 1. The van der Waals surface area contributed by atoms with Gasteiger partial charge in [0.15, 0.2) is 6.29 Å². The van der Waals surface area contributed by atoms with E-state index in [1.165, 1.54) is 0 Å². The standard InChI is InChI=1S/C23H26ClN3O3/c1-23(2,3)27-21-17(7-6-9-25-21)18(22(27)28)12-19-15(11-16(24)13-26-19)14-30-20-8-4-5-10-29-20/h6-7,9,11-13,20H,4-5,8,10,14H2,1-3H3/b18-12+. The molecule has 0 aromatic carbocycles. The van der Waals surface area contributed by atoms with E-state index in [0.29, 0.717) is 28.7 Å². The largest absolute Gasteiger partial charge is 0.353 e. The van der Waals surface area contributed by atoms with Gasteiger partial charge in [-0.2, -0.15) is 0 Å². The summed E-state index contributed by atoms with van der Waals surface area (Å²) >= 11 is 6.19. The molecule has 0 saturated carbocycles. The van der Waals surface area contributed by atoms with Gasteiger partial charge in [0.05, 0.1) is 22.9 Å². The number of carbonyl (C=O) groups excluding carboxylic acids is 1. The molecule has 2 aromatic rings. The molecule has 0 radical (unpaired) electrons. The van der Waals surface area contributed by atoms with Crippen LogP contribution in [0.25, 0.3) is 11.6 Å². The second-order valence-electron chi connectivity index (χ2n) is 8.55. The van der Waals surface area contributed by atoms with Crippen molar-refractivity contribution in [3.63, 3.8) is 0 Å². The Hall–Kier alpha value is -2.28. The summed E-state index contributed by atoms with van der Waals surface area (Å²) in [6.45, 7) is 7.02. The van der Waals surface area contributed by atoms with E-state index in [1.54, 1.807) is 17.3 Å². The van der Waals surface area contributed by atoms with Gasteiger partial charge in [-0.25, -0.2) is 4.98 Å². The van der Waals surface area contributed by atoms with Crippen LogP contribution in [0, 0.1) is 0 Å². The lowest BCUT2D eigenvalue weighted by Gasteiger charge is -2.31. The Kier molecular flexibility index (Phi) is 5.91. The number of hydrogen-bond donors (Lipinski definition) is 0. The number of aromatic nitrogens is 2. The van der Waals surface area contributed by atoms with Crippen LogP contribution in [-0.4, -0.2) is 34.3 Å². The summed E-state index contributed by atoms with van der Waals surface area (Å²) in [4.78, 5) is 24.0. The van der Waals surface area contributed by atoms with E-state index in [9.17, 15) is 4.79 Å². The van der Waals surface area contributed by atoms with E-state index in [2.05, 4.69) is 9.97 Å². The predicted molar refractivity (Wildman–Crippen MR) is 117 cm³/mol. The molecule has 0 bridgehead atoms. The monoisotopic (exact) mass is 427 g/mol. The third-order valence-electron chi connectivity index (χ3n) is 5.20. The molecule has 4 rings (SSSR count). The van der Waals surface area contributed by atoms with Crippen LogP contribution in [0.15, 0.2) is 30.6 Å². The number of anilines is 1. The van der Waals surface area contributed by atoms with Gasteiger partial charge in [0, 0.05) is 35.7 Å². The molecule has 158 valence electrons. The molecule has 1 atom stereocenters. The second-order valence-corrected chi connectivity index (χ2v) is 8.99. The third kappa shape index (κ3) is 4.26. The van der Waals surface area contributed by atoms with E-state index in [1.807, 2.05) is 45.0 Å². The van der Waals surface area contributed by atoms with Crippen molar-refractivity contribution in [1.82, 2.24) is 9.97 Å². The first-order valence-electron chi connectivity index (χ1n) is 10.2. The zero-order chi connectivity index (χ0) is 21.3. The highest BCUT2D eigenvalue weighted by Gasteiger charge is 2.40. The summed E-state index contributed by atoms with van der Waals surface area (Å²) < 4.78 is 11.6. The van der Waals surface area contributed by atoms with Crippen molar-refractivity contribution < 1.29 is 14.3 Å². The maximum absolute atomic E-state index is 13.3. The number of pyridine rings is 2. The maximum atomic E-state index is 13.3. The Morgan fingerprint density at radius 1 is 1.33 bits per heavy atom. The number of carbonyl (C=O) groups is 1. The highest BCUT2D eigenvalue weighted by atomic mass is 35.5. The van der Waals surface area contributed by atoms with E-state index in [4.69, 9.17) is 21.1 Å². The Morgan fingerprint density at radius 2 is 2.17 bits per heavy atom. The first-order valence-corrected chi connectivity index (χ1v) is 10.6. The summed E-state index contributed by atoms with van der Waals surface area (Å²) in [5.74, 6) is 0.582. The van der Waals surface area contributed by atoms with E-state index in [-0.39, 0.29) is 12.2 Å². The number of amides is 1. The molecule has 0 N–H and O–H groups in total. The zero-order valence-electron chi connectivity index (χ0n) is 17.5. The molecule has 2 aliphatic heterocycles. The van der Waals surface area contributed by atoms with Gasteiger partial charge in [-0.3, -0.25) is 14.7 Å². The lowest BCUT2D eigenvalue weighted by atomic mass is 10.1. The number of halogens is 1. The van der Waals surface area contributed by atoms with Gasteiger partial charge in [0.25, 0.3) is 5.91 Å². The van der Waals surface area contributed by atoms with Gasteiger partial charge in [-0.15, -0.1) is 0 Å². The molecule has 4 heterocycles. The summed E-state index contributed by atoms with van der Waals surface area (Å²) in [5.41, 5.74) is 2.45. The molecule has 7 heteroatoms. The summed E-state index contributed by atoms with van der Waals surface area (Å²) in [7, 11) is 0. The normalized spacial score (nSPS) is 20.7. The first-order chi connectivity index (χ1) is 14.3. The molecule has 2 aliphatic rings. The summed E-state index contributed by atoms with van der Waals surface area (Å²) in [6.07, 6.45) is 7.92. The molecule has 6 nitrogen and oxygen atoms in total. The minimum atomic E-state index is -0.395. The van der Waals surface area contributed by atoms with Crippen molar-refractivity contribution in [1.29, 1.82) is 0 Å². The zero-order valence-corrected chi connectivity index (χ0v) is 18.3. The third-order valence-corrected chi connectivity index (χ3v) is 5.41. The quantitative estimate of drug-likeness (QED) is 0.652. The van der Waals surface area contributed by atoms with Crippen molar-refractivity contribution >= 4 is 35.0 Å². The Balaban J connectivity index is 1.68. The lowest BCUT2D eigenvalue weighted by Crippen LogP contribution is -2.43. The van der Waals surface area contributed by atoms with Crippen LogP contribution in [0.2, 0.25) is 5.02 Å². The average Bonchev–Trinajstić information content (AvgIpc) is 3.00. The smallest absolute Gasteiger partial charge is 0.260 e. The lowest BCUT2D eigenvalue weighted by molar-refractivity contribution is -0.169. The second kappa shape index (κ2) is 8.46. The fourth-order valence-electron chi connectivity index (χ4n) is 3.78. The molecule has 1 saturated heterocycles. The highest BCUT2D eigenvalue weighted by molar-refractivity contribution is 6.35. The van der Waals surface area contributed by atoms with Crippen LogP contribution < -0.4 is 4.90 Å². The van der Waals surface area contributed by atoms with Crippen molar-refractivity contribution in [2.24, 2.45) is 0 Å². The number of rotatable bonds is 4. The minimum absolute atomic E-state index is 0.0876. The van der Waals surface area contributed by atoms with E-state index >= 15 is 0 Å². The molecule has 0 spiro atoms. The van der Waals surface area contributed by atoms with Crippen molar-refractivity contribution in [2.45, 2.75) is 58.5 Å². The molecule has 1 fully saturated rings. The maximum Gasteiger partial charge on any atom is 0.260 e. The summed E-state index contributed by atoms with van der Waals surface area (Å²) in [6, 6.07) is 5.58. The molecule has 1 amide bonds. The average molecular weight is 428 g/mol. The number of ether oxygens (including phenoxy) is 2. The van der Waals surface area contributed by atoms with Gasteiger partial charge < -0.3 is 9.47 Å². The highest BCUT2D eigenvalue weighted by Crippen LogP contribution is 2.40. The van der Waals surface area contributed by atoms with Crippen LogP contribution in [0.5, 0.6) is 0 Å². The van der Waals surface area contributed by atoms with Crippen molar-refractivity contribution in [3.8, 4) is 0 Å². The number of nitrogens with zero attached hydrogens (tertiary/aromatic N) is 3. The van der Waals surface area contributed by atoms with Crippen LogP contribution in [0.1, 0.15) is 56.9 Å². The SMILES string of the molecule is CC(C)(C)N1C(=O)/C(=C/c2ncc(Cl)cc2COC2CCCCO2)c2cccnc21. The van der Waals surface area contributed by atoms with Crippen molar-refractivity contribution in [2.75, 3.05) is 11.5 Å². The van der Waals surface area contributed by atoms with Gasteiger partial charge in [-0.05, 0) is 64.3 Å². The Morgan fingerprint density at radius 3 is 2.90 bits per heavy atom. The van der Waals surface area contributed by atoms with Gasteiger partial charge in [0.2, 0.25) is 0 Å². The van der Waals surface area contributed by atoms with Crippen LogP contribution >= 0.6 is 11.6 Å². The fourth-order valence-corrected chi connectivity index (χ4v) is 3.96. The van der Waals surface area contributed by atoms with Crippen LogP contribution in [0.3, 0.4) is 0 Å². The Bertz CT molecular complexity index is 978. The van der Waals surface area contributed by atoms with Gasteiger partial charge in [0.1, 0.15) is 5.82 Å². The van der Waals surface area contributed by atoms with E-state index in [0.717, 1.165) is 37.0 Å². The first kappa shape index (κ1) is 21.0. The minimum Gasteiger partial charge on any atom is -0.353 e. The predicted octanol–water partition coefficient (Wildman–Crippen LogP) is 4.86. The van der Waals surface area contributed by atoms with Crippen LogP contribution in [0.4, 0.5) is 5.82 Å². The fraction of sp³-hybridized carbons (Fsp3) is 0.435. The molecule has 0 aliphatic carbocycles. The van der Waals surface area contributed by atoms with Crippen LogP contribution in [-0.2, 0) is 20.9 Å².